The summed E-state index contributed by atoms with van der Waals surface area (Å²) >= 11 is 0. The van der Waals surface area contributed by atoms with Crippen molar-refractivity contribution < 1.29 is 4.79 Å². The molecule has 0 atom stereocenters. The molecule has 52 valence electrons. The SMILES string of the molecule is CC(C)NC(=O)CC=N. The highest BCUT2D eigenvalue weighted by molar-refractivity contribution is 5.88. The first-order chi connectivity index (χ1) is 4.16. The second kappa shape index (κ2) is 4.06. The van der Waals surface area contributed by atoms with Gasteiger partial charge < -0.3 is 10.7 Å². The summed E-state index contributed by atoms with van der Waals surface area (Å²) < 4.78 is 0. The van der Waals surface area contributed by atoms with Crippen LogP contribution in [0, 0.1) is 5.41 Å². The Morgan fingerprint density at radius 1 is 1.78 bits per heavy atom. The highest BCUT2D eigenvalue weighted by atomic mass is 16.1. The molecule has 0 aromatic rings. The first-order valence-corrected chi connectivity index (χ1v) is 2.95. The molecule has 0 fully saturated rings. The molecule has 0 aliphatic heterocycles. The summed E-state index contributed by atoms with van der Waals surface area (Å²) in [4.78, 5) is 10.6. The zero-order valence-corrected chi connectivity index (χ0v) is 5.77. The van der Waals surface area contributed by atoms with Gasteiger partial charge in [0, 0.05) is 12.3 Å². The Balaban J connectivity index is 3.38. The van der Waals surface area contributed by atoms with Gasteiger partial charge in [-0.3, -0.25) is 4.79 Å². The normalized spacial score (nSPS) is 9.22. The summed E-state index contributed by atoms with van der Waals surface area (Å²) in [6.45, 7) is 3.78. The molecule has 0 spiro atoms. The molecule has 0 saturated carbocycles. The fourth-order valence-corrected chi connectivity index (χ4v) is 0.474. The lowest BCUT2D eigenvalue weighted by Crippen LogP contribution is -2.29. The van der Waals surface area contributed by atoms with Crippen LogP contribution in [0.15, 0.2) is 0 Å². The Kier molecular flexibility index (Phi) is 3.67. The van der Waals surface area contributed by atoms with Crippen LogP contribution < -0.4 is 5.32 Å². The molecular weight excluding hydrogens is 116 g/mol. The van der Waals surface area contributed by atoms with Crippen molar-refractivity contribution in [1.29, 1.82) is 5.41 Å². The summed E-state index contributed by atoms with van der Waals surface area (Å²) in [5.41, 5.74) is 0. The molecule has 3 nitrogen and oxygen atoms in total. The van der Waals surface area contributed by atoms with Crippen LogP contribution in [0.25, 0.3) is 0 Å². The van der Waals surface area contributed by atoms with Crippen LogP contribution >= 0.6 is 0 Å². The molecule has 0 aromatic heterocycles. The molecule has 0 heterocycles. The number of carbonyl (C=O) groups is 1. The summed E-state index contributed by atoms with van der Waals surface area (Å²) in [6, 6.07) is 0.178. The predicted molar refractivity (Wildman–Crippen MR) is 36.7 cm³/mol. The van der Waals surface area contributed by atoms with Crippen LogP contribution in [-0.4, -0.2) is 18.2 Å². The van der Waals surface area contributed by atoms with Crippen molar-refractivity contribution in [3.63, 3.8) is 0 Å². The van der Waals surface area contributed by atoms with Gasteiger partial charge in [-0.05, 0) is 13.8 Å². The van der Waals surface area contributed by atoms with Crippen LogP contribution in [0.5, 0.6) is 0 Å². The molecule has 0 unspecified atom stereocenters. The Hall–Kier alpha value is -0.860. The van der Waals surface area contributed by atoms with E-state index in [0.717, 1.165) is 6.21 Å². The second-order valence-electron chi connectivity index (χ2n) is 2.13. The van der Waals surface area contributed by atoms with Gasteiger partial charge in [-0.1, -0.05) is 0 Å². The van der Waals surface area contributed by atoms with E-state index in [9.17, 15) is 4.79 Å². The van der Waals surface area contributed by atoms with Crippen LogP contribution in [0.2, 0.25) is 0 Å². The van der Waals surface area contributed by atoms with E-state index >= 15 is 0 Å². The Morgan fingerprint density at radius 2 is 2.33 bits per heavy atom. The lowest BCUT2D eigenvalue weighted by molar-refractivity contribution is -0.120. The largest absolute Gasteiger partial charge is 0.354 e. The summed E-state index contributed by atoms with van der Waals surface area (Å²) in [7, 11) is 0. The van der Waals surface area contributed by atoms with Gasteiger partial charge in [0.1, 0.15) is 0 Å². The zero-order valence-electron chi connectivity index (χ0n) is 5.77. The van der Waals surface area contributed by atoms with E-state index in [2.05, 4.69) is 5.32 Å². The van der Waals surface area contributed by atoms with E-state index in [1.807, 2.05) is 13.8 Å². The minimum Gasteiger partial charge on any atom is -0.354 e. The highest BCUT2D eigenvalue weighted by Crippen LogP contribution is 1.78. The van der Waals surface area contributed by atoms with Gasteiger partial charge in [0.25, 0.3) is 0 Å². The molecule has 1 amide bonds. The fourth-order valence-electron chi connectivity index (χ4n) is 0.474. The molecule has 0 radical (unpaired) electrons. The molecule has 0 saturated heterocycles. The Labute approximate surface area is 55.0 Å². The van der Waals surface area contributed by atoms with Gasteiger partial charge in [0.2, 0.25) is 5.91 Å². The van der Waals surface area contributed by atoms with Gasteiger partial charge in [0.05, 0.1) is 6.42 Å². The first-order valence-electron chi connectivity index (χ1n) is 2.95. The van der Waals surface area contributed by atoms with E-state index in [1.165, 1.54) is 0 Å². The van der Waals surface area contributed by atoms with E-state index in [4.69, 9.17) is 5.41 Å². The van der Waals surface area contributed by atoms with Gasteiger partial charge in [-0.2, -0.15) is 0 Å². The van der Waals surface area contributed by atoms with Crippen molar-refractivity contribution in [1.82, 2.24) is 5.32 Å². The van der Waals surface area contributed by atoms with Crippen LogP contribution in [-0.2, 0) is 4.79 Å². The summed E-state index contributed by atoms with van der Waals surface area (Å²) in [5, 5.41) is 9.24. The summed E-state index contributed by atoms with van der Waals surface area (Å²) in [5.74, 6) is -0.0833. The second-order valence-corrected chi connectivity index (χ2v) is 2.13. The molecule has 0 aliphatic rings. The molecule has 3 heteroatoms. The Morgan fingerprint density at radius 3 is 2.67 bits per heavy atom. The maximum Gasteiger partial charge on any atom is 0.225 e. The third kappa shape index (κ3) is 5.00. The number of rotatable bonds is 3. The van der Waals surface area contributed by atoms with Gasteiger partial charge in [-0.25, -0.2) is 0 Å². The maximum atomic E-state index is 10.6. The lowest BCUT2D eigenvalue weighted by Gasteiger charge is -2.04. The summed E-state index contributed by atoms with van der Waals surface area (Å²) in [6.07, 6.45) is 1.29. The Bertz CT molecular complexity index is 110. The monoisotopic (exact) mass is 128 g/mol. The minimum atomic E-state index is -0.0833. The first kappa shape index (κ1) is 8.14. The van der Waals surface area contributed by atoms with E-state index in [0.29, 0.717) is 0 Å². The molecule has 2 N–H and O–H groups in total. The topological polar surface area (TPSA) is 53.0 Å². The number of nitrogens with one attached hydrogen (secondary N) is 2. The quantitative estimate of drug-likeness (QED) is 0.536. The molecule has 0 aliphatic carbocycles. The van der Waals surface area contributed by atoms with E-state index in [1.54, 1.807) is 0 Å². The van der Waals surface area contributed by atoms with Gasteiger partial charge in [0.15, 0.2) is 0 Å². The lowest BCUT2D eigenvalue weighted by atomic mass is 10.3. The van der Waals surface area contributed by atoms with Crippen molar-refractivity contribution in [2.24, 2.45) is 0 Å². The van der Waals surface area contributed by atoms with Crippen LogP contribution in [0.3, 0.4) is 0 Å². The van der Waals surface area contributed by atoms with Gasteiger partial charge in [-0.15, -0.1) is 0 Å². The zero-order chi connectivity index (χ0) is 7.28. The fraction of sp³-hybridized carbons (Fsp3) is 0.667. The number of amides is 1. The third-order valence-corrected chi connectivity index (χ3v) is 0.737. The highest BCUT2D eigenvalue weighted by Gasteiger charge is 1.98. The molecule has 0 aromatic carbocycles. The average Bonchev–Trinajstić information content (AvgIpc) is 1.63. The number of hydrogen-bond acceptors (Lipinski definition) is 2. The molecule has 0 rings (SSSR count). The van der Waals surface area contributed by atoms with Gasteiger partial charge >= 0.3 is 0 Å². The van der Waals surface area contributed by atoms with E-state index in [-0.39, 0.29) is 18.4 Å². The van der Waals surface area contributed by atoms with Crippen molar-refractivity contribution in [2.45, 2.75) is 26.3 Å². The number of carbonyl (C=O) groups excluding carboxylic acids is 1. The van der Waals surface area contributed by atoms with Crippen molar-refractivity contribution in [3.05, 3.63) is 0 Å². The molecule has 9 heavy (non-hydrogen) atoms. The van der Waals surface area contributed by atoms with Crippen LogP contribution in [0.4, 0.5) is 0 Å². The maximum absolute atomic E-state index is 10.6. The smallest absolute Gasteiger partial charge is 0.225 e. The third-order valence-electron chi connectivity index (χ3n) is 0.737. The van der Waals surface area contributed by atoms with Crippen molar-refractivity contribution in [3.8, 4) is 0 Å². The average molecular weight is 128 g/mol. The molecular formula is C6H12N2O. The van der Waals surface area contributed by atoms with E-state index < -0.39 is 0 Å². The molecule has 0 bridgehead atoms. The minimum absolute atomic E-state index is 0.0833. The van der Waals surface area contributed by atoms with Crippen molar-refractivity contribution >= 4 is 12.1 Å². The standard InChI is InChI=1S/C6H12N2O/c1-5(2)8-6(9)3-4-7/h4-5,7H,3H2,1-2H3,(H,8,9). The number of hydrogen-bond donors (Lipinski definition) is 2. The van der Waals surface area contributed by atoms with Crippen molar-refractivity contribution in [2.75, 3.05) is 0 Å². The predicted octanol–water partition coefficient (Wildman–Crippen LogP) is 0.551. The van der Waals surface area contributed by atoms with Crippen LogP contribution in [0.1, 0.15) is 20.3 Å².